The Labute approximate surface area is 181 Å². The lowest BCUT2D eigenvalue weighted by atomic mass is 9.73. The van der Waals surface area contributed by atoms with E-state index in [1.165, 1.54) is 0 Å². The second kappa shape index (κ2) is 10.8. The lowest BCUT2D eigenvalue weighted by molar-refractivity contribution is -0.139. The monoisotopic (exact) mass is 438 g/mol. The standard InChI is InChI=1S/C23H31FO7/c1-2-16(31-23(28)29-9-8-24)6-7-17-18-10-14-4-3-5-21(30-13-22(26)27)19(14)11-15(18)12-20(17)25/h3-5,15-18,20,25H,2,6-13H2,1H3,(H,26,27)/t15-,16-,17+,18-,20+/m0/s1. The fourth-order valence-corrected chi connectivity index (χ4v) is 5.10. The van der Waals surface area contributed by atoms with E-state index < -0.39 is 24.9 Å². The van der Waals surface area contributed by atoms with E-state index in [-0.39, 0.29) is 25.2 Å². The number of aliphatic hydroxyl groups is 1. The van der Waals surface area contributed by atoms with Crippen molar-refractivity contribution in [1.29, 1.82) is 0 Å². The van der Waals surface area contributed by atoms with Crippen molar-refractivity contribution in [3.63, 3.8) is 0 Å². The average Bonchev–Trinajstić information content (AvgIpc) is 3.05. The van der Waals surface area contributed by atoms with Crippen LogP contribution in [-0.2, 0) is 27.1 Å². The summed E-state index contributed by atoms with van der Waals surface area (Å²) in [7, 11) is 0. The maximum Gasteiger partial charge on any atom is 0.508 e. The molecule has 7 nitrogen and oxygen atoms in total. The van der Waals surface area contributed by atoms with Crippen LogP contribution in [0.4, 0.5) is 9.18 Å². The highest BCUT2D eigenvalue weighted by atomic mass is 19.1. The number of rotatable bonds is 10. The van der Waals surface area contributed by atoms with E-state index in [0.717, 1.165) is 30.4 Å². The smallest absolute Gasteiger partial charge is 0.482 e. The molecule has 2 N–H and O–H groups in total. The second-order valence-corrected chi connectivity index (χ2v) is 8.39. The minimum absolute atomic E-state index is 0.0984. The highest BCUT2D eigenvalue weighted by Crippen LogP contribution is 2.48. The maximum atomic E-state index is 12.1. The number of halogens is 1. The van der Waals surface area contributed by atoms with Crippen LogP contribution < -0.4 is 4.74 Å². The molecule has 1 fully saturated rings. The Bertz CT molecular complexity index is 768. The minimum atomic E-state index is -1.01. The van der Waals surface area contributed by atoms with E-state index in [4.69, 9.17) is 14.6 Å². The normalized spacial score (nSPS) is 25.3. The largest absolute Gasteiger partial charge is 0.508 e. The van der Waals surface area contributed by atoms with Crippen LogP contribution in [-0.4, -0.2) is 54.4 Å². The average molecular weight is 438 g/mol. The highest BCUT2D eigenvalue weighted by molar-refractivity contribution is 5.68. The van der Waals surface area contributed by atoms with E-state index >= 15 is 0 Å². The summed E-state index contributed by atoms with van der Waals surface area (Å²) >= 11 is 0. The lowest BCUT2D eigenvalue weighted by Crippen LogP contribution is -2.28. The zero-order valence-electron chi connectivity index (χ0n) is 17.8. The first-order valence-electron chi connectivity index (χ1n) is 11.0. The molecule has 0 aromatic heterocycles. The van der Waals surface area contributed by atoms with Gasteiger partial charge in [-0.15, -0.1) is 0 Å². The summed E-state index contributed by atoms with van der Waals surface area (Å²) in [6, 6.07) is 5.72. The van der Waals surface area contributed by atoms with Gasteiger partial charge in [0.2, 0.25) is 0 Å². The summed E-state index contributed by atoms with van der Waals surface area (Å²) in [4.78, 5) is 22.5. The Morgan fingerprint density at radius 2 is 2.10 bits per heavy atom. The zero-order valence-corrected chi connectivity index (χ0v) is 17.8. The van der Waals surface area contributed by atoms with Crippen molar-refractivity contribution in [3.8, 4) is 5.75 Å². The fourth-order valence-electron chi connectivity index (χ4n) is 5.10. The predicted octanol–water partition coefficient (Wildman–Crippen LogP) is 3.54. The van der Waals surface area contributed by atoms with Crippen LogP contribution in [0, 0.1) is 17.8 Å². The van der Waals surface area contributed by atoms with Gasteiger partial charge in [-0.3, -0.25) is 0 Å². The molecule has 2 aliphatic carbocycles. The van der Waals surface area contributed by atoms with Crippen LogP contribution >= 0.6 is 0 Å². The zero-order chi connectivity index (χ0) is 22.4. The number of alkyl halides is 1. The first-order chi connectivity index (χ1) is 14.9. The van der Waals surface area contributed by atoms with Crippen LogP contribution in [0.25, 0.3) is 0 Å². The summed E-state index contributed by atoms with van der Waals surface area (Å²) in [5.74, 6) is 0.318. The number of hydrogen-bond donors (Lipinski definition) is 2. The number of fused-ring (bicyclic) bond motifs is 2. The van der Waals surface area contributed by atoms with Gasteiger partial charge in [-0.2, -0.15) is 0 Å². The van der Waals surface area contributed by atoms with Crippen LogP contribution in [0.5, 0.6) is 5.75 Å². The summed E-state index contributed by atoms with van der Waals surface area (Å²) in [6.45, 7) is 0.490. The first kappa shape index (κ1) is 23.3. The second-order valence-electron chi connectivity index (χ2n) is 8.39. The third-order valence-electron chi connectivity index (χ3n) is 6.53. The third kappa shape index (κ3) is 5.87. The molecule has 5 atom stereocenters. The minimum Gasteiger partial charge on any atom is -0.482 e. The number of carbonyl (C=O) groups excluding carboxylic acids is 1. The van der Waals surface area contributed by atoms with Crippen molar-refractivity contribution in [3.05, 3.63) is 29.3 Å². The number of benzene rings is 1. The number of carboxylic acids is 1. The van der Waals surface area contributed by atoms with Crippen molar-refractivity contribution in [2.75, 3.05) is 19.9 Å². The number of aliphatic hydroxyl groups excluding tert-OH is 1. The Balaban J connectivity index is 1.62. The maximum absolute atomic E-state index is 12.1. The van der Waals surface area contributed by atoms with Gasteiger partial charge < -0.3 is 24.4 Å². The van der Waals surface area contributed by atoms with Gasteiger partial charge in [0.1, 0.15) is 25.1 Å². The molecule has 0 saturated heterocycles. The van der Waals surface area contributed by atoms with E-state index in [9.17, 15) is 19.1 Å². The molecule has 1 aromatic carbocycles. The molecule has 31 heavy (non-hydrogen) atoms. The summed E-state index contributed by atoms with van der Waals surface area (Å²) < 4.78 is 27.6. The molecule has 0 amide bonds. The van der Waals surface area contributed by atoms with E-state index in [0.29, 0.717) is 36.8 Å². The molecule has 0 spiro atoms. The van der Waals surface area contributed by atoms with Crippen LogP contribution in [0.15, 0.2) is 18.2 Å². The van der Waals surface area contributed by atoms with Gasteiger partial charge >= 0.3 is 12.1 Å². The van der Waals surface area contributed by atoms with Gasteiger partial charge in [0.15, 0.2) is 6.61 Å². The Morgan fingerprint density at radius 3 is 2.81 bits per heavy atom. The van der Waals surface area contributed by atoms with Gasteiger partial charge in [-0.1, -0.05) is 19.1 Å². The quantitative estimate of drug-likeness (QED) is 0.539. The van der Waals surface area contributed by atoms with Gasteiger partial charge in [-0.05, 0) is 73.5 Å². The van der Waals surface area contributed by atoms with Crippen LogP contribution in [0.1, 0.15) is 43.7 Å². The topological polar surface area (TPSA) is 102 Å². The molecule has 3 rings (SSSR count). The van der Waals surface area contributed by atoms with Crippen LogP contribution in [0.2, 0.25) is 0 Å². The van der Waals surface area contributed by atoms with Crippen molar-refractivity contribution >= 4 is 12.1 Å². The van der Waals surface area contributed by atoms with Gasteiger partial charge in [0.05, 0.1) is 6.10 Å². The van der Waals surface area contributed by atoms with E-state index in [1.54, 1.807) is 6.07 Å². The number of hydrogen-bond acceptors (Lipinski definition) is 6. The Hall–Kier alpha value is -2.35. The molecule has 8 heteroatoms. The summed E-state index contributed by atoms with van der Waals surface area (Å²) in [6.07, 6.45) is 2.61. The van der Waals surface area contributed by atoms with Crippen molar-refractivity contribution in [1.82, 2.24) is 0 Å². The number of carboxylic acid groups (broad SMARTS) is 1. The number of ether oxygens (including phenoxy) is 3. The summed E-state index contributed by atoms with van der Waals surface area (Å²) in [5.41, 5.74) is 2.18. The molecule has 0 heterocycles. The Kier molecular flexibility index (Phi) is 8.12. The molecule has 2 aliphatic rings. The molecule has 1 saturated carbocycles. The summed E-state index contributed by atoms with van der Waals surface area (Å²) in [5, 5.41) is 19.7. The first-order valence-corrected chi connectivity index (χ1v) is 11.0. The fraction of sp³-hybridized carbons (Fsp3) is 0.652. The van der Waals surface area contributed by atoms with E-state index in [1.807, 2.05) is 19.1 Å². The van der Waals surface area contributed by atoms with Crippen molar-refractivity contribution < 1.29 is 38.4 Å². The van der Waals surface area contributed by atoms with E-state index in [2.05, 4.69) is 4.74 Å². The van der Waals surface area contributed by atoms with Gasteiger partial charge in [-0.25, -0.2) is 14.0 Å². The molecule has 172 valence electrons. The molecule has 0 aliphatic heterocycles. The molecule has 1 aromatic rings. The van der Waals surface area contributed by atoms with Gasteiger partial charge in [0.25, 0.3) is 0 Å². The van der Waals surface area contributed by atoms with Gasteiger partial charge in [0, 0.05) is 0 Å². The number of carbonyl (C=O) groups is 2. The van der Waals surface area contributed by atoms with Crippen molar-refractivity contribution in [2.45, 2.75) is 57.7 Å². The van der Waals surface area contributed by atoms with Crippen molar-refractivity contribution in [2.24, 2.45) is 17.8 Å². The Morgan fingerprint density at radius 1 is 1.29 bits per heavy atom. The predicted molar refractivity (Wildman–Crippen MR) is 110 cm³/mol. The SMILES string of the molecule is CC[C@@H](CC[C@@H]1[C@H]2Cc3cccc(OCC(=O)O)c3C[C@H]2C[C@H]1O)OC(=O)OCCF. The molecular formula is C23H31FO7. The lowest BCUT2D eigenvalue weighted by Gasteiger charge is -2.32. The third-order valence-corrected chi connectivity index (χ3v) is 6.53. The molecule has 0 unspecified atom stereocenters. The molecule has 0 bridgehead atoms. The van der Waals surface area contributed by atoms with Crippen LogP contribution in [0.3, 0.4) is 0 Å². The molecule has 0 radical (unpaired) electrons. The number of aliphatic carboxylic acids is 1. The molecular weight excluding hydrogens is 407 g/mol. The highest BCUT2D eigenvalue weighted by Gasteiger charge is 2.45.